The molecule has 0 aromatic rings. The highest BCUT2D eigenvalue weighted by Gasteiger charge is 2.30. The van der Waals surface area contributed by atoms with E-state index < -0.39 is 0 Å². The Morgan fingerprint density at radius 1 is 1.17 bits per heavy atom. The van der Waals surface area contributed by atoms with Gasteiger partial charge in [-0.05, 0) is 24.7 Å². The lowest BCUT2D eigenvalue weighted by Gasteiger charge is -2.32. The zero-order valence-electron chi connectivity index (χ0n) is 9.15. The van der Waals surface area contributed by atoms with Crippen LogP contribution in [0.3, 0.4) is 0 Å². The Kier molecular flexibility index (Phi) is 5.24. The standard InChI is InChI=1S/C11H23Cl/c1-6-10(5)8-11(12,7-2)9(3)4/h9-10H,6-8H2,1-5H3. The number of halogens is 1. The van der Waals surface area contributed by atoms with Crippen molar-refractivity contribution in [2.24, 2.45) is 11.8 Å². The van der Waals surface area contributed by atoms with E-state index in [1.807, 2.05) is 0 Å². The first-order chi connectivity index (χ1) is 5.46. The van der Waals surface area contributed by atoms with E-state index in [1.54, 1.807) is 0 Å². The summed E-state index contributed by atoms with van der Waals surface area (Å²) in [6.45, 7) is 11.2. The lowest BCUT2D eigenvalue weighted by Crippen LogP contribution is -2.29. The van der Waals surface area contributed by atoms with Gasteiger partial charge < -0.3 is 0 Å². The van der Waals surface area contributed by atoms with Gasteiger partial charge in [0, 0.05) is 4.87 Å². The Balaban J connectivity index is 4.14. The summed E-state index contributed by atoms with van der Waals surface area (Å²) in [5.41, 5.74) is 0. The quantitative estimate of drug-likeness (QED) is 0.562. The van der Waals surface area contributed by atoms with Crippen molar-refractivity contribution in [1.82, 2.24) is 0 Å². The third kappa shape index (κ3) is 3.35. The summed E-state index contributed by atoms with van der Waals surface area (Å²) in [7, 11) is 0. The van der Waals surface area contributed by atoms with Crippen LogP contribution in [0.25, 0.3) is 0 Å². The van der Waals surface area contributed by atoms with Crippen LogP contribution in [-0.2, 0) is 0 Å². The summed E-state index contributed by atoms with van der Waals surface area (Å²) in [6.07, 6.45) is 3.47. The molecule has 0 saturated carbocycles. The Morgan fingerprint density at radius 2 is 1.67 bits per heavy atom. The first-order valence-corrected chi connectivity index (χ1v) is 5.53. The van der Waals surface area contributed by atoms with Crippen LogP contribution in [0.15, 0.2) is 0 Å². The number of hydrogen-bond donors (Lipinski definition) is 0. The number of rotatable bonds is 5. The third-order valence-corrected chi connectivity index (χ3v) is 3.87. The summed E-state index contributed by atoms with van der Waals surface area (Å²) in [5.74, 6) is 1.34. The van der Waals surface area contributed by atoms with Gasteiger partial charge in [-0.1, -0.05) is 41.0 Å². The van der Waals surface area contributed by atoms with Gasteiger partial charge in [0.1, 0.15) is 0 Å². The molecule has 12 heavy (non-hydrogen) atoms. The molecule has 0 bridgehead atoms. The molecule has 0 heterocycles. The summed E-state index contributed by atoms with van der Waals surface area (Å²) in [5, 5.41) is 0. The number of hydrogen-bond acceptors (Lipinski definition) is 0. The lowest BCUT2D eigenvalue weighted by atomic mass is 9.83. The Bertz CT molecular complexity index is 120. The maximum atomic E-state index is 6.53. The van der Waals surface area contributed by atoms with Gasteiger partial charge in [0.25, 0.3) is 0 Å². The van der Waals surface area contributed by atoms with Crippen molar-refractivity contribution < 1.29 is 0 Å². The van der Waals surface area contributed by atoms with Gasteiger partial charge in [0.15, 0.2) is 0 Å². The molecule has 74 valence electrons. The van der Waals surface area contributed by atoms with Crippen LogP contribution in [0.4, 0.5) is 0 Å². The van der Waals surface area contributed by atoms with Gasteiger partial charge in [0.05, 0.1) is 0 Å². The molecule has 0 fully saturated rings. The summed E-state index contributed by atoms with van der Waals surface area (Å²) in [4.78, 5) is 0.0371. The molecular weight excluding hydrogens is 168 g/mol. The topological polar surface area (TPSA) is 0 Å². The van der Waals surface area contributed by atoms with E-state index in [0.29, 0.717) is 5.92 Å². The van der Waals surface area contributed by atoms with E-state index in [0.717, 1.165) is 18.8 Å². The summed E-state index contributed by atoms with van der Waals surface area (Å²) in [6, 6.07) is 0. The van der Waals surface area contributed by atoms with Crippen molar-refractivity contribution in [3.8, 4) is 0 Å². The molecule has 0 aromatic carbocycles. The maximum absolute atomic E-state index is 6.53. The first-order valence-electron chi connectivity index (χ1n) is 5.15. The van der Waals surface area contributed by atoms with Gasteiger partial charge >= 0.3 is 0 Å². The molecule has 0 aliphatic heterocycles. The van der Waals surface area contributed by atoms with Crippen molar-refractivity contribution in [3.05, 3.63) is 0 Å². The minimum Gasteiger partial charge on any atom is -0.119 e. The fourth-order valence-corrected chi connectivity index (χ4v) is 1.78. The van der Waals surface area contributed by atoms with Gasteiger partial charge in [-0.2, -0.15) is 0 Å². The molecule has 0 spiro atoms. The molecule has 2 atom stereocenters. The van der Waals surface area contributed by atoms with Crippen molar-refractivity contribution >= 4 is 11.6 Å². The zero-order chi connectivity index (χ0) is 9.78. The molecular formula is C11H23Cl. The van der Waals surface area contributed by atoms with Crippen LogP contribution in [0.2, 0.25) is 0 Å². The minimum atomic E-state index is 0.0371. The van der Waals surface area contributed by atoms with E-state index in [4.69, 9.17) is 11.6 Å². The molecule has 0 N–H and O–H groups in total. The number of alkyl halides is 1. The van der Waals surface area contributed by atoms with Crippen LogP contribution in [0, 0.1) is 11.8 Å². The van der Waals surface area contributed by atoms with Crippen molar-refractivity contribution in [2.45, 2.75) is 58.8 Å². The van der Waals surface area contributed by atoms with Crippen molar-refractivity contribution in [1.29, 1.82) is 0 Å². The minimum absolute atomic E-state index is 0.0371. The summed E-state index contributed by atoms with van der Waals surface area (Å²) < 4.78 is 0. The molecule has 0 saturated heterocycles. The molecule has 1 heteroatoms. The highest BCUT2D eigenvalue weighted by molar-refractivity contribution is 6.24. The molecule has 0 aliphatic carbocycles. The van der Waals surface area contributed by atoms with Gasteiger partial charge in [-0.25, -0.2) is 0 Å². The fourth-order valence-electron chi connectivity index (χ4n) is 1.51. The fraction of sp³-hybridized carbons (Fsp3) is 1.00. The third-order valence-electron chi connectivity index (χ3n) is 3.01. The zero-order valence-corrected chi connectivity index (χ0v) is 9.91. The Morgan fingerprint density at radius 3 is 1.92 bits per heavy atom. The monoisotopic (exact) mass is 190 g/mol. The molecule has 0 radical (unpaired) electrons. The molecule has 0 aliphatic rings. The molecule has 2 unspecified atom stereocenters. The molecule has 0 amide bonds. The molecule has 0 aromatic heterocycles. The van der Waals surface area contributed by atoms with E-state index in [-0.39, 0.29) is 4.87 Å². The van der Waals surface area contributed by atoms with Crippen LogP contribution >= 0.6 is 11.6 Å². The second-order valence-corrected chi connectivity index (χ2v) is 5.01. The highest BCUT2D eigenvalue weighted by atomic mass is 35.5. The second kappa shape index (κ2) is 5.11. The predicted octanol–water partition coefficient (Wildman–Crippen LogP) is 4.47. The largest absolute Gasteiger partial charge is 0.119 e. The van der Waals surface area contributed by atoms with Gasteiger partial charge in [0.2, 0.25) is 0 Å². The van der Waals surface area contributed by atoms with Gasteiger partial charge in [-0.3, -0.25) is 0 Å². The SMILES string of the molecule is CCC(C)CC(Cl)(CC)C(C)C. The molecule has 0 nitrogen and oxygen atoms in total. The van der Waals surface area contributed by atoms with Gasteiger partial charge in [-0.15, -0.1) is 11.6 Å². The van der Waals surface area contributed by atoms with E-state index in [2.05, 4.69) is 34.6 Å². The summed E-state index contributed by atoms with van der Waals surface area (Å²) >= 11 is 6.53. The Labute approximate surface area is 82.7 Å². The Hall–Kier alpha value is 0.290. The average molecular weight is 191 g/mol. The van der Waals surface area contributed by atoms with E-state index in [9.17, 15) is 0 Å². The van der Waals surface area contributed by atoms with Crippen molar-refractivity contribution in [3.63, 3.8) is 0 Å². The average Bonchev–Trinajstić information content (AvgIpc) is 2.03. The van der Waals surface area contributed by atoms with E-state index in [1.165, 1.54) is 6.42 Å². The smallest absolute Gasteiger partial charge is 0.0469 e. The maximum Gasteiger partial charge on any atom is 0.0469 e. The van der Waals surface area contributed by atoms with Crippen LogP contribution in [0.1, 0.15) is 53.9 Å². The van der Waals surface area contributed by atoms with Crippen LogP contribution < -0.4 is 0 Å². The normalized spacial score (nSPS) is 19.2. The van der Waals surface area contributed by atoms with Crippen LogP contribution in [-0.4, -0.2) is 4.87 Å². The molecule has 0 rings (SSSR count). The van der Waals surface area contributed by atoms with Crippen molar-refractivity contribution in [2.75, 3.05) is 0 Å². The predicted molar refractivity (Wildman–Crippen MR) is 57.8 cm³/mol. The van der Waals surface area contributed by atoms with E-state index >= 15 is 0 Å². The first kappa shape index (κ1) is 12.3. The lowest BCUT2D eigenvalue weighted by molar-refractivity contribution is 0.325. The highest BCUT2D eigenvalue weighted by Crippen LogP contribution is 2.36. The second-order valence-electron chi connectivity index (χ2n) is 4.26. The van der Waals surface area contributed by atoms with Crippen LogP contribution in [0.5, 0.6) is 0 Å².